The average molecular weight is 512 g/mol. The number of carbonyl (C=O) groups excluding carboxylic acids is 2. The van der Waals surface area contributed by atoms with E-state index in [2.05, 4.69) is 17.6 Å². The third-order valence-corrected chi connectivity index (χ3v) is 7.47. The van der Waals surface area contributed by atoms with Gasteiger partial charge in [0.1, 0.15) is 36.5 Å². The van der Waals surface area contributed by atoms with E-state index in [1.54, 1.807) is 30.5 Å². The van der Waals surface area contributed by atoms with Gasteiger partial charge in [-0.05, 0) is 44.2 Å². The molecule has 0 bridgehead atoms. The fraction of sp³-hybridized carbons (Fsp3) is 0.667. The lowest BCUT2D eigenvalue weighted by atomic mass is 9.94. The Bertz CT molecular complexity index is 831. The topological polar surface area (TPSA) is 141 Å². The van der Waals surface area contributed by atoms with Crippen molar-refractivity contribution in [2.75, 3.05) is 31.8 Å². The maximum atomic E-state index is 13.2. The summed E-state index contributed by atoms with van der Waals surface area (Å²) in [5, 5.41) is 36.8. The number of amides is 2. The molecule has 5 N–H and O–H groups in total. The molecule has 2 aliphatic heterocycles. The maximum Gasteiger partial charge on any atom is 0.411 e. The number of ether oxygens (including phenoxy) is 2. The highest BCUT2D eigenvalue weighted by atomic mass is 32.2. The van der Waals surface area contributed by atoms with E-state index in [4.69, 9.17) is 9.47 Å². The summed E-state index contributed by atoms with van der Waals surface area (Å²) in [6.45, 7) is 2.63. The Balaban J connectivity index is 1.72. The first kappa shape index (κ1) is 27.7. The molecule has 0 aromatic heterocycles. The molecule has 1 aromatic carbocycles. The second-order valence-corrected chi connectivity index (χ2v) is 10.2. The number of rotatable bonds is 9. The number of aliphatic hydroxyl groups excluding tert-OH is 3. The molecule has 35 heavy (non-hydrogen) atoms. The van der Waals surface area contributed by atoms with E-state index < -0.39 is 42.0 Å². The normalized spacial score (nSPS) is 32.1. The molecule has 2 heterocycles. The fourth-order valence-electron chi connectivity index (χ4n) is 4.77. The van der Waals surface area contributed by atoms with Gasteiger partial charge in [0.05, 0.1) is 12.1 Å². The zero-order valence-electron chi connectivity index (χ0n) is 20.4. The number of para-hydroxylation sites is 1. The standard InChI is InChI=1S/C24H37N3O7S/c1-4-8-14-11-17(27(2)12-14)22(31)26-16(13-33-24(32)25-15-9-6-5-7-10-15)21-19(29)18(28)20(30)23(34-21)35-3/h5-7,9-10,14,16-21,23,28-30H,4,8,11-13H2,1-3H3,(H,25,32)(H,26,31)/t14-,16-,17+,18?,19+,20-,21-,23?/m1/s1. The Morgan fingerprint density at radius 2 is 1.91 bits per heavy atom. The van der Waals surface area contributed by atoms with Crippen LogP contribution in [0.15, 0.2) is 30.3 Å². The third-order valence-electron chi connectivity index (χ3n) is 6.61. The number of likely N-dealkylation sites (tertiary alicyclic amines) is 1. The minimum absolute atomic E-state index is 0.264. The maximum absolute atomic E-state index is 13.2. The summed E-state index contributed by atoms with van der Waals surface area (Å²) in [6, 6.07) is 7.45. The van der Waals surface area contributed by atoms with Crippen molar-refractivity contribution in [1.29, 1.82) is 0 Å². The van der Waals surface area contributed by atoms with Gasteiger partial charge >= 0.3 is 6.09 Å². The lowest BCUT2D eigenvalue weighted by molar-refractivity contribution is -0.207. The number of hydrogen-bond donors (Lipinski definition) is 5. The molecular weight excluding hydrogens is 474 g/mol. The van der Waals surface area contributed by atoms with Gasteiger partial charge in [0.25, 0.3) is 0 Å². The van der Waals surface area contributed by atoms with Crippen LogP contribution in [0.2, 0.25) is 0 Å². The average Bonchev–Trinajstić information content (AvgIpc) is 3.21. The molecule has 2 fully saturated rings. The number of aliphatic hydroxyl groups is 3. The van der Waals surface area contributed by atoms with Gasteiger partial charge < -0.3 is 30.1 Å². The molecule has 2 unspecified atom stereocenters. The van der Waals surface area contributed by atoms with Crippen molar-refractivity contribution in [3.05, 3.63) is 30.3 Å². The van der Waals surface area contributed by atoms with Gasteiger partial charge in [-0.3, -0.25) is 15.0 Å². The molecule has 2 saturated heterocycles. The molecule has 1 aromatic rings. The first-order valence-electron chi connectivity index (χ1n) is 12.0. The van der Waals surface area contributed by atoms with Crippen molar-refractivity contribution in [1.82, 2.24) is 10.2 Å². The Kier molecular flexibility index (Phi) is 10.2. The highest BCUT2D eigenvalue weighted by Crippen LogP contribution is 2.30. The van der Waals surface area contributed by atoms with Crippen LogP contribution in [0.4, 0.5) is 10.5 Å². The summed E-state index contributed by atoms with van der Waals surface area (Å²) < 4.78 is 11.2. The van der Waals surface area contributed by atoms with Gasteiger partial charge in [-0.15, -0.1) is 11.8 Å². The Labute approximate surface area is 210 Å². The third kappa shape index (κ3) is 7.08. The lowest BCUT2D eigenvalue weighted by Crippen LogP contribution is -2.64. The molecule has 8 atom stereocenters. The minimum atomic E-state index is -1.49. The van der Waals surface area contributed by atoms with E-state index in [9.17, 15) is 24.9 Å². The van der Waals surface area contributed by atoms with Crippen LogP contribution < -0.4 is 10.6 Å². The molecule has 0 saturated carbocycles. The number of thioether (sulfide) groups is 1. The number of anilines is 1. The van der Waals surface area contributed by atoms with Crippen LogP contribution in [0.3, 0.4) is 0 Å². The van der Waals surface area contributed by atoms with E-state index in [0.29, 0.717) is 18.0 Å². The molecule has 11 heteroatoms. The van der Waals surface area contributed by atoms with E-state index in [1.165, 1.54) is 11.8 Å². The molecule has 2 aliphatic rings. The van der Waals surface area contributed by atoms with E-state index in [1.807, 2.05) is 18.0 Å². The summed E-state index contributed by atoms with van der Waals surface area (Å²) in [6.07, 6.45) is -1.62. The molecule has 2 amide bonds. The summed E-state index contributed by atoms with van der Waals surface area (Å²) in [5.74, 6) is 0.154. The lowest BCUT2D eigenvalue weighted by Gasteiger charge is -2.43. The van der Waals surface area contributed by atoms with Crippen LogP contribution in [0.25, 0.3) is 0 Å². The Morgan fingerprint density at radius 3 is 2.57 bits per heavy atom. The second kappa shape index (κ2) is 12.9. The number of likely N-dealkylation sites (N-methyl/N-ethyl adjacent to an activating group) is 1. The highest BCUT2D eigenvalue weighted by molar-refractivity contribution is 7.99. The first-order chi connectivity index (χ1) is 16.7. The van der Waals surface area contributed by atoms with Crippen molar-refractivity contribution in [3.8, 4) is 0 Å². The van der Waals surface area contributed by atoms with E-state index >= 15 is 0 Å². The van der Waals surface area contributed by atoms with Gasteiger partial charge in [-0.2, -0.15) is 0 Å². The Hall–Kier alpha value is -1.89. The predicted octanol–water partition coefficient (Wildman–Crippen LogP) is 1.01. The molecular formula is C24H37N3O7S. The number of carbonyl (C=O) groups is 2. The fourth-order valence-corrected chi connectivity index (χ4v) is 5.45. The van der Waals surface area contributed by atoms with Crippen LogP contribution in [-0.4, -0.2) is 101 Å². The summed E-state index contributed by atoms with van der Waals surface area (Å²) in [7, 11) is 1.90. The largest absolute Gasteiger partial charge is 0.447 e. The number of nitrogens with zero attached hydrogens (tertiary/aromatic N) is 1. The highest BCUT2D eigenvalue weighted by Gasteiger charge is 2.47. The Morgan fingerprint density at radius 1 is 1.20 bits per heavy atom. The van der Waals surface area contributed by atoms with Gasteiger partial charge in [0, 0.05) is 12.2 Å². The predicted molar refractivity (Wildman–Crippen MR) is 133 cm³/mol. The van der Waals surface area contributed by atoms with Crippen molar-refractivity contribution >= 4 is 29.4 Å². The summed E-state index contributed by atoms with van der Waals surface area (Å²) in [5.41, 5.74) is -0.276. The van der Waals surface area contributed by atoms with Crippen molar-refractivity contribution in [2.24, 2.45) is 5.92 Å². The molecule has 0 spiro atoms. The zero-order valence-corrected chi connectivity index (χ0v) is 21.2. The first-order valence-corrected chi connectivity index (χ1v) is 13.3. The molecule has 0 radical (unpaired) electrons. The van der Waals surface area contributed by atoms with E-state index in [-0.39, 0.29) is 18.6 Å². The second-order valence-electron chi connectivity index (χ2n) is 9.23. The summed E-state index contributed by atoms with van der Waals surface area (Å²) in [4.78, 5) is 27.6. The molecule has 3 rings (SSSR count). The van der Waals surface area contributed by atoms with Gasteiger partial charge in [0.2, 0.25) is 5.91 Å². The zero-order chi connectivity index (χ0) is 25.5. The monoisotopic (exact) mass is 511 g/mol. The summed E-state index contributed by atoms with van der Waals surface area (Å²) >= 11 is 1.17. The number of nitrogens with one attached hydrogen (secondary N) is 2. The van der Waals surface area contributed by atoms with Crippen molar-refractivity contribution in [2.45, 2.75) is 68.1 Å². The quantitative estimate of drug-likeness (QED) is 0.328. The van der Waals surface area contributed by atoms with Gasteiger partial charge in [0.15, 0.2) is 0 Å². The van der Waals surface area contributed by atoms with Crippen LogP contribution in [0, 0.1) is 5.92 Å². The van der Waals surface area contributed by atoms with Crippen molar-refractivity contribution in [3.63, 3.8) is 0 Å². The van der Waals surface area contributed by atoms with Crippen LogP contribution in [-0.2, 0) is 14.3 Å². The molecule has 196 valence electrons. The van der Waals surface area contributed by atoms with Gasteiger partial charge in [-0.1, -0.05) is 31.5 Å². The van der Waals surface area contributed by atoms with Crippen LogP contribution in [0.1, 0.15) is 26.2 Å². The smallest absolute Gasteiger partial charge is 0.411 e. The number of benzene rings is 1. The van der Waals surface area contributed by atoms with Crippen LogP contribution in [0.5, 0.6) is 0 Å². The van der Waals surface area contributed by atoms with Gasteiger partial charge in [-0.25, -0.2) is 4.79 Å². The van der Waals surface area contributed by atoms with E-state index in [0.717, 1.165) is 19.4 Å². The van der Waals surface area contributed by atoms with Crippen molar-refractivity contribution < 1.29 is 34.4 Å². The SMILES string of the molecule is CCC[C@@H]1C[C@@H](C(=O)N[C@H](COC(=O)Nc2ccccc2)[C@H]2OC(SC)[C@H](O)C(O)[C@@H]2O)N(C)C1. The molecule has 10 nitrogen and oxygen atoms in total. The molecule has 0 aliphatic carbocycles. The van der Waals surface area contributed by atoms with Crippen LogP contribution >= 0.6 is 11.8 Å². The minimum Gasteiger partial charge on any atom is -0.447 e. The number of hydrogen-bond acceptors (Lipinski definition) is 9.